The number of benzene rings is 2. The molecule has 0 unspecified atom stereocenters. The molecule has 112 valence electrons. The standard InChI is InChI=1S/C18H22O3/c1-4-11-7-8-12(5-2)14(9-11)16-17(20)13(6-3)10-15(19)18(16)21/h7-10,19-21H,4-6H2,1-3H3. The predicted octanol–water partition coefficient (Wildman–Crippen LogP) is 4.16. The lowest BCUT2D eigenvalue weighted by atomic mass is 9.91. The first-order chi connectivity index (χ1) is 10.0. The third-order valence-corrected chi connectivity index (χ3v) is 3.95. The topological polar surface area (TPSA) is 60.7 Å². The summed E-state index contributed by atoms with van der Waals surface area (Å²) in [4.78, 5) is 0. The third-order valence-electron chi connectivity index (χ3n) is 3.95. The molecule has 0 aliphatic heterocycles. The van der Waals surface area contributed by atoms with Crippen LogP contribution in [0.4, 0.5) is 0 Å². The van der Waals surface area contributed by atoms with Crippen LogP contribution in [0.1, 0.15) is 37.5 Å². The lowest BCUT2D eigenvalue weighted by Crippen LogP contribution is -1.94. The van der Waals surface area contributed by atoms with E-state index >= 15 is 0 Å². The largest absolute Gasteiger partial charge is 0.507 e. The van der Waals surface area contributed by atoms with Gasteiger partial charge in [-0.15, -0.1) is 0 Å². The predicted molar refractivity (Wildman–Crippen MR) is 85.0 cm³/mol. The van der Waals surface area contributed by atoms with Gasteiger partial charge in [0.15, 0.2) is 11.5 Å². The maximum absolute atomic E-state index is 10.5. The molecule has 0 amide bonds. The van der Waals surface area contributed by atoms with Gasteiger partial charge in [-0.25, -0.2) is 0 Å². The van der Waals surface area contributed by atoms with Crippen molar-refractivity contribution in [3.63, 3.8) is 0 Å². The zero-order chi connectivity index (χ0) is 15.6. The van der Waals surface area contributed by atoms with Gasteiger partial charge in [0.05, 0.1) is 5.56 Å². The van der Waals surface area contributed by atoms with Gasteiger partial charge in [-0.2, -0.15) is 0 Å². The van der Waals surface area contributed by atoms with Crippen LogP contribution in [0.5, 0.6) is 17.2 Å². The maximum Gasteiger partial charge on any atom is 0.169 e. The number of hydrogen-bond acceptors (Lipinski definition) is 3. The number of aryl methyl sites for hydroxylation is 3. The van der Waals surface area contributed by atoms with Gasteiger partial charge < -0.3 is 15.3 Å². The van der Waals surface area contributed by atoms with Crippen LogP contribution in [0.15, 0.2) is 24.3 Å². The Morgan fingerprint density at radius 2 is 1.43 bits per heavy atom. The lowest BCUT2D eigenvalue weighted by molar-refractivity contribution is 0.397. The van der Waals surface area contributed by atoms with E-state index in [-0.39, 0.29) is 17.2 Å². The molecule has 0 aliphatic carbocycles. The fourth-order valence-electron chi connectivity index (χ4n) is 2.61. The fraction of sp³-hybridized carbons (Fsp3) is 0.333. The minimum absolute atomic E-state index is 0.0516. The highest BCUT2D eigenvalue weighted by Crippen LogP contribution is 2.46. The van der Waals surface area contributed by atoms with Crippen LogP contribution in [0.25, 0.3) is 11.1 Å². The molecule has 21 heavy (non-hydrogen) atoms. The summed E-state index contributed by atoms with van der Waals surface area (Å²) in [6.45, 7) is 5.99. The number of phenols is 3. The van der Waals surface area contributed by atoms with Crippen LogP contribution in [-0.4, -0.2) is 15.3 Å². The smallest absolute Gasteiger partial charge is 0.169 e. The lowest BCUT2D eigenvalue weighted by Gasteiger charge is -2.16. The van der Waals surface area contributed by atoms with E-state index in [2.05, 4.69) is 13.0 Å². The van der Waals surface area contributed by atoms with E-state index < -0.39 is 0 Å². The first-order valence-corrected chi connectivity index (χ1v) is 7.42. The molecule has 2 aromatic carbocycles. The molecule has 0 saturated heterocycles. The van der Waals surface area contributed by atoms with Gasteiger partial charge in [-0.05, 0) is 47.6 Å². The summed E-state index contributed by atoms with van der Waals surface area (Å²) in [6, 6.07) is 7.47. The van der Waals surface area contributed by atoms with Crippen molar-refractivity contribution >= 4 is 0 Å². The monoisotopic (exact) mass is 286 g/mol. The van der Waals surface area contributed by atoms with Gasteiger partial charge in [0.25, 0.3) is 0 Å². The summed E-state index contributed by atoms with van der Waals surface area (Å²) in [7, 11) is 0. The SMILES string of the molecule is CCc1ccc(CC)c(-c2c(O)c(O)cc(CC)c2O)c1. The van der Waals surface area contributed by atoms with E-state index in [1.54, 1.807) is 0 Å². The number of hydrogen-bond donors (Lipinski definition) is 3. The van der Waals surface area contributed by atoms with Crippen molar-refractivity contribution in [2.24, 2.45) is 0 Å². The average molecular weight is 286 g/mol. The van der Waals surface area contributed by atoms with E-state index in [1.807, 2.05) is 26.0 Å². The van der Waals surface area contributed by atoms with Gasteiger partial charge >= 0.3 is 0 Å². The van der Waals surface area contributed by atoms with Gasteiger partial charge in [-0.1, -0.05) is 39.0 Å². The van der Waals surface area contributed by atoms with Gasteiger partial charge in [-0.3, -0.25) is 0 Å². The molecule has 2 aromatic rings. The van der Waals surface area contributed by atoms with E-state index in [4.69, 9.17) is 0 Å². The minimum Gasteiger partial charge on any atom is -0.507 e. The summed E-state index contributed by atoms with van der Waals surface area (Å²) < 4.78 is 0. The van der Waals surface area contributed by atoms with Crippen LogP contribution in [0, 0.1) is 0 Å². The first-order valence-electron chi connectivity index (χ1n) is 7.42. The van der Waals surface area contributed by atoms with Crippen LogP contribution < -0.4 is 0 Å². The third kappa shape index (κ3) is 2.68. The Balaban J connectivity index is 2.80. The molecule has 0 fully saturated rings. The zero-order valence-corrected chi connectivity index (χ0v) is 12.8. The molecule has 0 aromatic heterocycles. The van der Waals surface area contributed by atoms with Crippen molar-refractivity contribution in [3.8, 4) is 28.4 Å². The number of phenolic OH excluding ortho intramolecular Hbond substituents is 3. The van der Waals surface area contributed by atoms with Crippen molar-refractivity contribution in [3.05, 3.63) is 41.0 Å². The van der Waals surface area contributed by atoms with Crippen molar-refractivity contribution < 1.29 is 15.3 Å². The molecule has 3 nitrogen and oxygen atoms in total. The number of aromatic hydroxyl groups is 3. The van der Waals surface area contributed by atoms with E-state index in [0.717, 1.165) is 29.5 Å². The Labute approximate surface area is 125 Å². The highest BCUT2D eigenvalue weighted by molar-refractivity contribution is 5.82. The summed E-state index contributed by atoms with van der Waals surface area (Å²) in [5, 5.41) is 30.6. The Kier molecular flexibility index (Phi) is 4.41. The maximum atomic E-state index is 10.5. The van der Waals surface area contributed by atoms with Crippen LogP contribution >= 0.6 is 0 Å². The average Bonchev–Trinajstić information content (AvgIpc) is 2.50. The van der Waals surface area contributed by atoms with Crippen LogP contribution in [0.3, 0.4) is 0 Å². The van der Waals surface area contributed by atoms with E-state index in [9.17, 15) is 15.3 Å². The molecular weight excluding hydrogens is 264 g/mol. The molecule has 0 aliphatic rings. The second kappa shape index (κ2) is 6.08. The summed E-state index contributed by atoms with van der Waals surface area (Å²) in [6.07, 6.45) is 2.24. The second-order valence-electron chi connectivity index (χ2n) is 5.18. The normalized spacial score (nSPS) is 10.8. The molecule has 2 rings (SSSR count). The zero-order valence-electron chi connectivity index (χ0n) is 12.8. The van der Waals surface area contributed by atoms with Crippen molar-refractivity contribution in [2.45, 2.75) is 40.0 Å². The molecule has 0 saturated carbocycles. The van der Waals surface area contributed by atoms with Crippen molar-refractivity contribution in [2.75, 3.05) is 0 Å². The van der Waals surface area contributed by atoms with E-state index in [1.165, 1.54) is 6.07 Å². The van der Waals surface area contributed by atoms with Crippen molar-refractivity contribution in [1.82, 2.24) is 0 Å². The van der Waals surface area contributed by atoms with Crippen LogP contribution in [-0.2, 0) is 19.3 Å². The summed E-state index contributed by atoms with van der Waals surface area (Å²) in [5.41, 5.74) is 3.91. The molecule has 0 spiro atoms. The highest BCUT2D eigenvalue weighted by Gasteiger charge is 2.20. The fourth-order valence-corrected chi connectivity index (χ4v) is 2.61. The van der Waals surface area contributed by atoms with Gasteiger partial charge in [0.1, 0.15) is 5.75 Å². The molecule has 0 heterocycles. The molecular formula is C18H22O3. The Hall–Kier alpha value is -2.16. The highest BCUT2D eigenvalue weighted by atomic mass is 16.3. The second-order valence-corrected chi connectivity index (χ2v) is 5.18. The molecule has 0 atom stereocenters. The van der Waals surface area contributed by atoms with Crippen LogP contribution in [0.2, 0.25) is 0 Å². The summed E-state index contributed by atoms with van der Waals surface area (Å²) >= 11 is 0. The first kappa shape index (κ1) is 15.2. The number of rotatable bonds is 4. The van der Waals surface area contributed by atoms with E-state index in [0.29, 0.717) is 17.5 Å². The van der Waals surface area contributed by atoms with Gasteiger partial charge in [0, 0.05) is 0 Å². The molecule has 3 heteroatoms. The minimum atomic E-state index is -0.257. The summed E-state index contributed by atoms with van der Waals surface area (Å²) in [5.74, 6) is -0.396. The quantitative estimate of drug-likeness (QED) is 0.584. The van der Waals surface area contributed by atoms with Crippen molar-refractivity contribution in [1.29, 1.82) is 0 Å². The Bertz CT molecular complexity index is 660. The Morgan fingerprint density at radius 3 is 2.00 bits per heavy atom. The molecule has 3 N–H and O–H groups in total. The van der Waals surface area contributed by atoms with Gasteiger partial charge in [0.2, 0.25) is 0 Å². The molecule has 0 radical (unpaired) electrons. The molecule has 0 bridgehead atoms. The Morgan fingerprint density at radius 1 is 0.762 bits per heavy atom.